The molecular weight excluding hydrogens is 856 g/mol. The van der Waals surface area contributed by atoms with Gasteiger partial charge >= 0.3 is 0 Å². The minimum Gasteiger partial charge on any atom is -1.00 e. The van der Waals surface area contributed by atoms with Crippen molar-refractivity contribution in [3.8, 4) is 0 Å². The zero-order valence-electron chi connectivity index (χ0n) is 37.5. The number of unbranched alkanes of at least 4 members (excludes halogenated alkanes) is 30. The molecule has 2 heterocycles. The van der Waals surface area contributed by atoms with E-state index in [1.807, 2.05) is 23.1 Å². The van der Waals surface area contributed by atoms with E-state index in [4.69, 9.17) is 0 Å². The van der Waals surface area contributed by atoms with E-state index >= 15 is 0 Å². The van der Waals surface area contributed by atoms with E-state index in [-0.39, 0.29) is 24.0 Å². The molecule has 0 unspecified atom stereocenters. The average molecular weight is 941 g/mol. The van der Waals surface area contributed by atoms with Gasteiger partial charge in [-0.05, 0) is 37.1 Å². The normalized spacial score (nSPS) is 13.3. The summed E-state index contributed by atoms with van der Waals surface area (Å²) in [7, 11) is 0. The number of aromatic nitrogens is 1. The van der Waals surface area contributed by atoms with Gasteiger partial charge in [0.05, 0.1) is 10.7 Å². The number of hydrogen-bond acceptors (Lipinski definition) is 3. The first kappa shape index (κ1) is 51.0. The smallest absolute Gasteiger partial charge is 0.262 e. The Morgan fingerprint density at radius 2 is 0.931 bits per heavy atom. The van der Waals surface area contributed by atoms with Crippen LogP contribution >= 0.6 is 23.1 Å². The number of allylic oxidation sites excluding steroid dienone is 2. The lowest BCUT2D eigenvalue weighted by atomic mass is 10.0. The monoisotopic (exact) mass is 941 g/mol. The van der Waals surface area contributed by atoms with Crippen molar-refractivity contribution in [1.82, 2.24) is 0 Å². The van der Waals surface area contributed by atoms with Crippen LogP contribution in [0.1, 0.15) is 224 Å². The highest BCUT2D eigenvalue weighted by Crippen LogP contribution is 2.46. The number of nitrogens with zero attached hydrogens (tertiary/aromatic N) is 2. The third-order valence-electron chi connectivity index (χ3n) is 12.2. The molecule has 2 nitrogen and oxygen atoms in total. The number of anilines is 1. The average Bonchev–Trinajstić information content (AvgIpc) is 3.77. The fourth-order valence-electron chi connectivity index (χ4n) is 8.66. The van der Waals surface area contributed by atoms with Crippen LogP contribution in [0.2, 0.25) is 0 Å². The zero-order chi connectivity index (χ0) is 39.9. The number of rotatable bonds is 36. The van der Waals surface area contributed by atoms with E-state index in [9.17, 15) is 0 Å². The van der Waals surface area contributed by atoms with E-state index in [2.05, 4.69) is 90.1 Å². The van der Waals surface area contributed by atoms with Crippen molar-refractivity contribution in [1.29, 1.82) is 0 Å². The summed E-state index contributed by atoms with van der Waals surface area (Å²) < 4.78 is 3.99. The van der Waals surface area contributed by atoms with Crippen LogP contribution in [0, 0.1) is 0 Å². The lowest BCUT2D eigenvalue weighted by Gasteiger charge is -2.20. The van der Waals surface area contributed by atoms with E-state index in [0.29, 0.717) is 0 Å². The molecule has 0 spiro atoms. The second kappa shape index (κ2) is 34.3. The Kier molecular flexibility index (Phi) is 30.2. The van der Waals surface area contributed by atoms with E-state index in [1.54, 1.807) is 0 Å². The van der Waals surface area contributed by atoms with Crippen molar-refractivity contribution in [2.75, 3.05) is 11.4 Å². The highest BCUT2D eigenvalue weighted by molar-refractivity contribution is 8.03. The van der Waals surface area contributed by atoms with Crippen molar-refractivity contribution in [2.45, 2.75) is 231 Å². The highest BCUT2D eigenvalue weighted by Gasteiger charge is 2.24. The molecule has 3 aromatic rings. The van der Waals surface area contributed by atoms with E-state index < -0.39 is 0 Å². The first-order valence-corrected chi connectivity index (χ1v) is 26.3. The number of halogens is 1. The van der Waals surface area contributed by atoms with E-state index in [1.165, 1.54) is 236 Å². The van der Waals surface area contributed by atoms with Crippen molar-refractivity contribution < 1.29 is 28.5 Å². The Hall–Kier alpha value is -1.31. The van der Waals surface area contributed by atoms with Gasteiger partial charge in [0, 0.05) is 30.0 Å². The largest absolute Gasteiger partial charge is 1.00 e. The predicted molar refractivity (Wildman–Crippen MR) is 258 cm³/mol. The number of benzene rings is 2. The van der Waals surface area contributed by atoms with Crippen LogP contribution in [0.15, 0.2) is 70.6 Å². The summed E-state index contributed by atoms with van der Waals surface area (Å²) in [5, 5.41) is 2.75. The molecule has 0 aliphatic carbocycles. The molecule has 1 aliphatic rings. The standard InChI is InChI=1S/C53H85N2S2.HI/c1-3-5-7-9-11-13-15-17-18-19-20-21-22-23-24-26-28-30-32-38-47-55-49-41-34-36-43-51(49)57-53(55)45-39-44-52-54(48-40-33-35-42-50(48)56-52)46-37-31-29-27-25-16-14-12-10-8-6-4-2;/h33-36,39-45H,3-32,37-38,46-47H2,1-2H3;1H/q+1;/p-1. The van der Waals surface area contributed by atoms with Crippen molar-refractivity contribution in [2.24, 2.45) is 0 Å². The van der Waals surface area contributed by atoms with Gasteiger partial charge in [-0.2, -0.15) is 4.57 Å². The lowest BCUT2D eigenvalue weighted by molar-refractivity contribution is -0.669. The Labute approximate surface area is 383 Å². The van der Waals surface area contributed by atoms with Crippen LogP contribution < -0.4 is 33.4 Å². The van der Waals surface area contributed by atoms with Gasteiger partial charge < -0.3 is 28.9 Å². The van der Waals surface area contributed by atoms with Crippen molar-refractivity contribution >= 4 is 45.1 Å². The van der Waals surface area contributed by atoms with Crippen LogP contribution in [0.4, 0.5) is 5.69 Å². The Morgan fingerprint density at radius 3 is 1.45 bits per heavy atom. The quantitative estimate of drug-likeness (QED) is 0.0326. The number of para-hydroxylation sites is 2. The maximum atomic E-state index is 2.59. The topological polar surface area (TPSA) is 7.12 Å². The van der Waals surface area contributed by atoms with Gasteiger partial charge in [-0.25, -0.2) is 0 Å². The summed E-state index contributed by atoms with van der Waals surface area (Å²) in [5.74, 6) is 0. The molecule has 0 amide bonds. The molecule has 0 saturated heterocycles. The minimum absolute atomic E-state index is 0. The van der Waals surface area contributed by atoms with Gasteiger partial charge in [-0.3, -0.25) is 0 Å². The fourth-order valence-corrected chi connectivity index (χ4v) is 10.9. The molecule has 4 rings (SSSR count). The number of thioether (sulfide) groups is 1. The lowest BCUT2D eigenvalue weighted by Crippen LogP contribution is -3.00. The van der Waals surface area contributed by atoms with Crippen LogP contribution in [0.5, 0.6) is 0 Å². The zero-order valence-corrected chi connectivity index (χ0v) is 41.3. The molecule has 0 atom stereocenters. The van der Waals surface area contributed by atoms with Crippen LogP contribution in [0.25, 0.3) is 16.3 Å². The summed E-state index contributed by atoms with van der Waals surface area (Å²) in [5.41, 5.74) is 2.78. The van der Waals surface area contributed by atoms with Crippen molar-refractivity contribution in [3.05, 3.63) is 70.7 Å². The molecule has 0 saturated carbocycles. The number of hydrogen-bond donors (Lipinski definition) is 0. The number of fused-ring (bicyclic) bond motifs is 2. The summed E-state index contributed by atoms with van der Waals surface area (Å²) in [4.78, 5) is 3.98. The Balaban J connectivity index is 0.00000900. The molecule has 0 bridgehead atoms. The third-order valence-corrected chi connectivity index (χ3v) is 14.5. The maximum Gasteiger partial charge on any atom is 0.262 e. The fraction of sp³-hybridized carbons (Fsp3) is 0.679. The Bertz CT molecular complexity index is 1490. The van der Waals surface area contributed by atoms with Gasteiger partial charge in [0.1, 0.15) is 4.70 Å². The predicted octanol–water partition coefficient (Wildman–Crippen LogP) is 15.2. The van der Waals surface area contributed by atoms with Crippen LogP contribution in [-0.4, -0.2) is 6.54 Å². The summed E-state index contributed by atoms with van der Waals surface area (Å²) in [6, 6.07) is 18.0. The molecule has 2 aromatic carbocycles. The number of thiazole rings is 1. The first-order valence-electron chi connectivity index (χ1n) is 24.7. The molecule has 0 N–H and O–H groups in total. The van der Waals surface area contributed by atoms with Gasteiger partial charge in [-0.15, -0.1) is 0 Å². The second-order valence-electron chi connectivity index (χ2n) is 17.3. The minimum atomic E-state index is 0. The maximum absolute atomic E-state index is 2.59. The molecule has 1 aliphatic heterocycles. The summed E-state index contributed by atoms with van der Waals surface area (Å²) in [6.07, 6.45) is 52.4. The Morgan fingerprint density at radius 1 is 0.500 bits per heavy atom. The van der Waals surface area contributed by atoms with Crippen molar-refractivity contribution in [3.63, 3.8) is 0 Å². The first-order chi connectivity index (χ1) is 28.3. The van der Waals surface area contributed by atoms with Crippen LogP contribution in [0.3, 0.4) is 0 Å². The SMILES string of the molecule is CCCCCCCCCCCCCCCCCCCCCC[n+]1c(/C=C/C=C2\Sc3ccccc3N2CCCCCCCCCCCCCC)sc2ccccc21.[I-]. The third kappa shape index (κ3) is 21.0. The molecular formula is C53H85IN2S2. The molecule has 58 heavy (non-hydrogen) atoms. The van der Waals surface area contributed by atoms with Gasteiger partial charge in [0.25, 0.3) is 5.01 Å². The molecule has 0 fully saturated rings. The van der Waals surface area contributed by atoms with Gasteiger partial charge in [0.15, 0.2) is 6.54 Å². The van der Waals surface area contributed by atoms with Gasteiger partial charge in [0.2, 0.25) is 5.52 Å². The van der Waals surface area contributed by atoms with Crippen LogP contribution in [-0.2, 0) is 6.54 Å². The number of aryl methyl sites for hydroxylation is 1. The van der Waals surface area contributed by atoms with Gasteiger partial charge in [-0.1, -0.05) is 253 Å². The molecule has 1 aromatic heterocycles. The molecule has 5 heteroatoms. The second-order valence-corrected chi connectivity index (χ2v) is 19.4. The molecule has 0 radical (unpaired) electrons. The highest BCUT2D eigenvalue weighted by atomic mass is 127. The van der Waals surface area contributed by atoms with E-state index in [0.717, 1.165) is 13.1 Å². The summed E-state index contributed by atoms with van der Waals surface area (Å²) in [6.45, 7) is 6.85. The molecule has 326 valence electrons. The summed E-state index contributed by atoms with van der Waals surface area (Å²) >= 11 is 3.88.